The van der Waals surface area contributed by atoms with E-state index in [1.807, 2.05) is 12.1 Å². The van der Waals surface area contributed by atoms with Crippen LogP contribution in [-0.2, 0) is 0 Å². The first-order valence-electron chi connectivity index (χ1n) is 6.17. The molecule has 0 spiro atoms. The Morgan fingerprint density at radius 1 is 1.41 bits per heavy atom. The molecule has 1 N–H and O–H groups in total. The lowest BCUT2D eigenvalue weighted by Gasteiger charge is -2.34. The maximum Gasteiger partial charge on any atom is 0.0776 e. The van der Waals surface area contributed by atoms with E-state index in [0.717, 1.165) is 17.8 Å². The Morgan fingerprint density at radius 3 is 2.59 bits per heavy atom. The van der Waals surface area contributed by atoms with Crippen molar-refractivity contribution in [3.05, 3.63) is 28.8 Å². The number of aliphatic hydroxyl groups excluding tert-OH is 1. The standard InChI is InChI=1S/C14H20ClNO/c1-10(17)12-6-5-11(9-13(12)15)16-8-4-7-14(16,2)3/h5-6,9-10,17H,4,7-8H2,1-3H3. The van der Waals surface area contributed by atoms with Crippen molar-refractivity contribution >= 4 is 17.3 Å². The predicted molar refractivity (Wildman–Crippen MR) is 72.7 cm³/mol. The number of hydrogen-bond acceptors (Lipinski definition) is 2. The molecular formula is C14H20ClNO. The van der Waals surface area contributed by atoms with Crippen LogP contribution in [0.5, 0.6) is 0 Å². The fourth-order valence-corrected chi connectivity index (χ4v) is 2.94. The maximum atomic E-state index is 9.57. The smallest absolute Gasteiger partial charge is 0.0776 e. The minimum absolute atomic E-state index is 0.204. The molecule has 0 aliphatic carbocycles. The van der Waals surface area contributed by atoms with Gasteiger partial charge in [0.15, 0.2) is 0 Å². The van der Waals surface area contributed by atoms with Gasteiger partial charge in [0.05, 0.1) is 6.10 Å². The van der Waals surface area contributed by atoms with Gasteiger partial charge in [-0.25, -0.2) is 0 Å². The van der Waals surface area contributed by atoms with Gasteiger partial charge < -0.3 is 10.0 Å². The first kappa shape index (κ1) is 12.7. The van der Waals surface area contributed by atoms with E-state index in [4.69, 9.17) is 11.6 Å². The second kappa shape index (κ2) is 4.51. The summed E-state index contributed by atoms with van der Waals surface area (Å²) in [4.78, 5) is 2.39. The van der Waals surface area contributed by atoms with Crippen LogP contribution in [0.3, 0.4) is 0 Å². The third kappa shape index (κ3) is 2.43. The highest BCUT2D eigenvalue weighted by Crippen LogP contribution is 2.36. The minimum atomic E-state index is -0.511. The third-order valence-corrected chi connectivity index (χ3v) is 3.97. The molecular weight excluding hydrogens is 234 g/mol. The molecule has 1 aliphatic heterocycles. The number of rotatable bonds is 2. The summed E-state index contributed by atoms with van der Waals surface area (Å²) in [5, 5.41) is 10.2. The summed E-state index contributed by atoms with van der Waals surface area (Å²) in [7, 11) is 0. The van der Waals surface area contributed by atoms with Crippen LogP contribution < -0.4 is 4.90 Å². The molecule has 1 aromatic rings. The first-order chi connectivity index (χ1) is 7.92. The zero-order valence-corrected chi connectivity index (χ0v) is 11.5. The molecule has 1 saturated heterocycles. The van der Waals surface area contributed by atoms with Gasteiger partial charge in [-0.2, -0.15) is 0 Å². The number of anilines is 1. The number of nitrogens with zero attached hydrogens (tertiary/aromatic N) is 1. The molecule has 1 heterocycles. The molecule has 2 rings (SSSR count). The van der Waals surface area contributed by atoms with Crippen molar-refractivity contribution < 1.29 is 5.11 Å². The number of benzene rings is 1. The molecule has 0 amide bonds. The van der Waals surface area contributed by atoms with Gasteiger partial charge in [-0.15, -0.1) is 0 Å². The molecule has 94 valence electrons. The second-order valence-corrected chi connectivity index (χ2v) is 5.86. The van der Waals surface area contributed by atoms with E-state index in [-0.39, 0.29) is 5.54 Å². The summed E-state index contributed by atoms with van der Waals surface area (Å²) in [5.41, 5.74) is 2.16. The molecule has 0 saturated carbocycles. The molecule has 1 aliphatic rings. The van der Waals surface area contributed by atoms with Gasteiger partial charge in [0.2, 0.25) is 0 Å². The Balaban J connectivity index is 2.32. The molecule has 1 fully saturated rings. The molecule has 17 heavy (non-hydrogen) atoms. The zero-order valence-electron chi connectivity index (χ0n) is 10.7. The van der Waals surface area contributed by atoms with Crippen molar-refractivity contribution in [2.75, 3.05) is 11.4 Å². The van der Waals surface area contributed by atoms with Crippen LogP contribution in [0.1, 0.15) is 45.3 Å². The van der Waals surface area contributed by atoms with E-state index in [2.05, 4.69) is 24.8 Å². The van der Waals surface area contributed by atoms with E-state index in [1.54, 1.807) is 6.92 Å². The molecule has 2 nitrogen and oxygen atoms in total. The van der Waals surface area contributed by atoms with Crippen molar-refractivity contribution in [3.63, 3.8) is 0 Å². The maximum absolute atomic E-state index is 9.57. The Bertz CT molecular complexity index is 415. The normalized spacial score (nSPS) is 20.6. The van der Waals surface area contributed by atoms with Crippen LogP contribution >= 0.6 is 11.6 Å². The number of halogens is 1. The molecule has 1 atom stereocenters. The van der Waals surface area contributed by atoms with Crippen LogP contribution in [-0.4, -0.2) is 17.2 Å². The fraction of sp³-hybridized carbons (Fsp3) is 0.571. The van der Waals surface area contributed by atoms with Crippen LogP contribution in [0.4, 0.5) is 5.69 Å². The van der Waals surface area contributed by atoms with Crippen molar-refractivity contribution in [3.8, 4) is 0 Å². The minimum Gasteiger partial charge on any atom is -0.389 e. The van der Waals surface area contributed by atoms with E-state index in [0.29, 0.717) is 5.02 Å². The highest BCUT2D eigenvalue weighted by molar-refractivity contribution is 6.31. The molecule has 3 heteroatoms. The lowest BCUT2D eigenvalue weighted by Crippen LogP contribution is -2.38. The second-order valence-electron chi connectivity index (χ2n) is 5.45. The quantitative estimate of drug-likeness (QED) is 0.867. The average Bonchev–Trinajstić information content (AvgIpc) is 2.57. The Labute approximate surface area is 108 Å². The third-order valence-electron chi connectivity index (χ3n) is 3.65. The predicted octanol–water partition coefficient (Wildman–Crippen LogP) is 3.77. The Kier molecular flexibility index (Phi) is 3.37. The summed E-state index contributed by atoms with van der Waals surface area (Å²) in [5.74, 6) is 0. The van der Waals surface area contributed by atoms with Gasteiger partial charge in [-0.3, -0.25) is 0 Å². The van der Waals surface area contributed by atoms with E-state index >= 15 is 0 Å². The van der Waals surface area contributed by atoms with E-state index in [9.17, 15) is 5.11 Å². The first-order valence-corrected chi connectivity index (χ1v) is 6.55. The van der Waals surface area contributed by atoms with Gasteiger partial charge in [-0.1, -0.05) is 17.7 Å². The highest BCUT2D eigenvalue weighted by Gasteiger charge is 2.32. The summed E-state index contributed by atoms with van der Waals surface area (Å²) in [6.07, 6.45) is 1.93. The summed E-state index contributed by atoms with van der Waals surface area (Å²) >= 11 is 6.21. The van der Waals surface area contributed by atoms with Crippen molar-refractivity contribution in [1.29, 1.82) is 0 Å². The lowest BCUT2D eigenvalue weighted by atomic mass is 10.0. The van der Waals surface area contributed by atoms with Crippen LogP contribution in [0, 0.1) is 0 Å². The molecule has 0 radical (unpaired) electrons. The van der Waals surface area contributed by atoms with Crippen molar-refractivity contribution in [2.24, 2.45) is 0 Å². The van der Waals surface area contributed by atoms with Crippen LogP contribution in [0.15, 0.2) is 18.2 Å². The van der Waals surface area contributed by atoms with Crippen molar-refractivity contribution in [2.45, 2.75) is 45.3 Å². The average molecular weight is 254 g/mol. The number of aliphatic hydroxyl groups is 1. The zero-order chi connectivity index (χ0) is 12.6. The molecule has 1 aromatic carbocycles. The molecule has 0 aromatic heterocycles. The largest absolute Gasteiger partial charge is 0.389 e. The summed E-state index contributed by atoms with van der Waals surface area (Å²) < 4.78 is 0. The van der Waals surface area contributed by atoms with Crippen LogP contribution in [0.2, 0.25) is 5.02 Å². The fourth-order valence-electron chi connectivity index (χ4n) is 2.61. The topological polar surface area (TPSA) is 23.5 Å². The summed E-state index contributed by atoms with van der Waals surface area (Å²) in [6, 6.07) is 5.95. The van der Waals surface area contributed by atoms with Gasteiger partial charge in [0, 0.05) is 22.8 Å². The van der Waals surface area contributed by atoms with Gasteiger partial charge >= 0.3 is 0 Å². The van der Waals surface area contributed by atoms with Gasteiger partial charge in [-0.05, 0) is 51.3 Å². The van der Waals surface area contributed by atoms with E-state index < -0.39 is 6.10 Å². The molecule has 0 bridgehead atoms. The summed E-state index contributed by atoms with van der Waals surface area (Å²) in [6.45, 7) is 7.34. The van der Waals surface area contributed by atoms with Gasteiger partial charge in [0.1, 0.15) is 0 Å². The monoisotopic (exact) mass is 253 g/mol. The van der Waals surface area contributed by atoms with Crippen LogP contribution in [0.25, 0.3) is 0 Å². The Hall–Kier alpha value is -0.730. The molecule has 1 unspecified atom stereocenters. The van der Waals surface area contributed by atoms with Crippen molar-refractivity contribution in [1.82, 2.24) is 0 Å². The van der Waals surface area contributed by atoms with Gasteiger partial charge in [0.25, 0.3) is 0 Å². The Morgan fingerprint density at radius 2 is 2.12 bits per heavy atom. The highest BCUT2D eigenvalue weighted by atomic mass is 35.5. The lowest BCUT2D eigenvalue weighted by molar-refractivity contribution is 0.199. The number of hydrogen-bond donors (Lipinski definition) is 1. The van der Waals surface area contributed by atoms with E-state index in [1.165, 1.54) is 12.8 Å². The SMILES string of the molecule is CC(O)c1ccc(N2CCCC2(C)C)cc1Cl.